The molecule has 0 aromatic heterocycles. The summed E-state index contributed by atoms with van der Waals surface area (Å²) in [6.07, 6.45) is 6.09. The van der Waals surface area contributed by atoms with Crippen molar-refractivity contribution in [3.63, 3.8) is 0 Å². The SMILES string of the molecule is CCCOCCOC1CCCCC1N. The molecule has 0 amide bonds. The normalized spacial score (nSPS) is 27.9. The first kappa shape index (κ1) is 12.0. The third-order valence-electron chi connectivity index (χ3n) is 2.66. The molecule has 1 rings (SSSR count). The van der Waals surface area contributed by atoms with Gasteiger partial charge >= 0.3 is 0 Å². The summed E-state index contributed by atoms with van der Waals surface area (Å²) >= 11 is 0. The fraction of sp³-hybridized carbons (Fsp3) is 1.00. The molecule has 3 heteroatoms. The van der Waals surface area contributed by atoms with Gasteiger partial charge in [0.15, 0.2) is 0 Å². The van der Waals surface area contributed by atoms with Crippen molar-refractivity contribution in [2.75, 3.05) is 19.8 Å². The van der Waals surface area contributed by atoms with Crippen LogP contribution in [0.1, 0.15) is 39.0 Å². The lowest BCUT2D eigenvalue weighted by Gasteiger charge is -2.28. The van der Waals surface area contributed by atoms with Crippen molar-refractivity contribution < 1.29 is 9.47 Å². The third kappa shape index (κ3) is 4.40. The van der Waals surface area contributed by atoms with Crippen LogP contribution in [0.3, 0.4) is 0 Å². The molecule has 1 saturated carbocycles. The highest BCUT2D eigenvalue weighted by Crippen LogP contribution is 2.19. The molecule has 1 aliphatic carbocycles. The molecule has 0 aromatic rings. The Morgan fingerprint density at radius 1 is 1.14 bits per heavy atom. The average Bonchev–Trinajstić information content (AvgIpc) is 2.20. The fourth-order valence-electron chi connectivity index (χ4n) is 1.84. The van der Waals surface area contributed by atoms with Crippen LogP contribution < -0.4 is 5.73 Å². The minimum Gasteiger partial charge on any atom is -0.379 e. The van der Waals surface area contributed by atoms with E-state index in [2.05, 4.69) is 6.92 Å². The fourth-order valence-corrected chi connectivity index (χ4v) is 1.84. The van der Waals surface area contributed by atoms with Crippen LogP contribution in [0.5, 0.6) is 0 Å². The maximum Gasteiger partial charge on any atom is 0.0727 e. The summed E-state index contributed by atoms with van der Waals surface area (Å²) in [4.78, 5) is 0. The van der Waals surface area contributed by atoms with E-state index in [9.17, 15) is 0 Å². The molecule has 2 unspecified atom stereocenters. The Bertz CT molecular complexity index is 141. The van der Waals surface area contributed by atoms with Crippen molar-refractivity contribution in [2.45, 2.75) is 51.2 Å². The monoisotopic (exact) mass is 201 g/mol. The zero-order chi connectivity index (χ0) is 10.2. The number of hydrogen-bond acceptors (Lipinski definition) is 3. The Balaban J connectivity index is 1.99. The zero-order valence-electron chi connectivity index (χ0n) is 9.21. The van der Waals surface area contributed by atoms with Crippen LogP contribution in [0.4, 0.5) is 0 Å². The molecule has 0 saturated heterocycles. The van der Waals surface area contributed by atoms with Gasteiger partial charge in [-0.3, -0.25) is 0 Å². The summed E-state index contributed by atoms with van der Waals surface area (Å²) in [5.41, 5.74) is 5.95. The highest BCUT2D eigenvalue weighted by molar-refractivity contribution is 4.78. The van der Waals surface area contributed by atoms with E-state index in [-0.39, 0.29) is 12.1 Å². The highest BCUT2D eigenvalue weighted by atomic mass is 16.5. The van der Waals surface area contributed by atoms with Gasteiger partial charge in [-0.1, -0.05) is 19.8 Å². The first-order valence-corrected chi connectivity index (χ1v) is 5.79. The Kier molecular flexibility index (Phi) is 6.15. The molecule has 0 aromatic carbocycles. The Hall–Kier alpha value is -0.120. The molecule has 14 heavy (non-hydrogen) atoms. The first-order chi connectivity index (χ1) is 6.84. The molecule has 3 nitrogen and oxygen atoms in total. The van der Waals surface area contributed by atoms with Crippen molar-refractivity contribution in [2.24, 2.45) is 5.73 Å². The van der Waals surface area contributed by atoms with E-state index in [1.54, 1.807) is 0 Å². The van der Waals surface area contributed by atoms with Crippen molar-refractivity contribution in [3.8, 4) is 0 Å². The van der Waals surface area contributed by atoms with Crippen LogP contribution in [0.25, 0.3) is 0 Å². The van der Waals surface area contributed by atoms with Gasteiger partial charge in [-0.25, -0.2) is 0 Å². The van der Waals surface area contributed by atoms with Gasteiger partial charge in [-0.15, -0.1) is 0 Å². The molecule has 0 bridgehead atoms. The van der Waals surface area contributed by atoms with Crippen LogP contribution in [-0.2, 0) is 9.47 Å². The van der Waals surface area contributed by atoms with E-state index in [0.717, 1.165) is 25.9 Å². The Morgan fingerprint density at radius 2 is 1.93 bits per heavy atom. The molecule has 0 spiro atoms. The summed E-state index contributed by atoms with van der Waals surface area (Å²) in [6.45, 7) is 4.34. The van der Waals surface area contributed by atoms with Gasteiger partial charge in [0.25, 0.3) is 0 Å². The average molecular weight is 201 g/mol. The van der Waals surface area contributed by atoms with Gasteiger partial charge in [-0.2, -0.15) is 0 Å². The van der Waals surface area contributed by atoms with E-state index < -0.39 is 0 Å². The molecule has 84 valence electrons. The van der Waals surface area contributed by atoms with E-state index in [0.29, 0.717) is 13.2 Å². The van der Waals surface area contributed by atoms with Gasteiger partial charge in [0.05, 0.1) is 19.3 Å². The zero-order valence-corrected chi connectivity index (χ0v) is 9.21. The lowest BCUT2D eigenvalue weighted by Crippen LogP contribution is -2.39. The van der Waals surface area contributed by atoms with Gasteiger partial charge in [0.1, 0.15) is 0 Å². The molecule has 0 heterocycles. The van der Waals surface area contributed by atoms with Crippen LogP contribution in [0.2, 0.25) is 0 Å². The molecule has 1 aliphatic rings. The Morgan fingerprint density at radius 3 is 2.64 bits per heavy atom. The second-order valence-electron chi connectivity index (χ2n) is 3.97. The third-order valence-corrected chi connectivity index (χ3v) is 2.66. The molecule has 0 aliphatic heterocycles. The molecule has 2 atom stereocenters. The lowest BCUT2D eigenvalue weighted by atomic mass is 9.93. The van der Waals surface area contributed by atoms with Crippen LogP contribution in [0, 0.1) is 0 Å². The topological polar surface area (TPSA) is 44.5 Å². The second kappa shape index (κ2) is 7.21. The summed E-state index contributed by atoms with van der Waals surface area (Å²) < 4.78 is 11.0. The second-order valence-corrected chi connectivity index (χ2v) is 3.97. The largest absolute Gasteiger partial charge is 0.379 e. The highest BCUT2D eigenvalue weighted by Gasteiger charge is 2.21. The lowest BCUT2D eigenvalue weighted by molar-refractivity contribution is -0.0187. The van der Waals surface area contributed by atoms with Gasteiger partial charge in [0, 0.05) is 12.6 Å². The standard InChI is InChI=1S/C11H23NO2/c1-2-7-13-8-9-14-11-6-4-3-5-10(11)12/h10-11H,2-9,12H2,1H3. The first-order valence-electron chi connectivity index (χ1n) is 5.79. The summed E-state index contributed by atoms with van der Waals surface area (Å²) in [5.74, 6) is 0. The van der Waals surface area contributed by atoms with Crippen LogP contribution >= 0.6 is 0 Å². The van der Waals surface area contributed by atoms with E-state index in [1.807, 2.05) is 0 Å². The minimum absolute atomic E-state index is 0.245. The van der Waals surface area contributed by atoms with E-state index >= 15 is 0 Å². The summed E-state index contributed by atoms with van der Waals surface area (Å²) in [5, 5.41) is 0. The maximum atomic E-state index is 5.95. The van der Waals surface area contributed by atoms with Crippen molar-refractivity contribution in [1.82, 2.24) is 0 Å². The number of hydrogen-bond donors (Lipinski definition) is 1. The molecular weight excluding hydrogens is 178 g/mol. The quantitative estimate of drug-likeness (QED) is 0.665. The molecule has 1 fully saturated rings. The number of nitrogens with two attached hydrogens (primary N) is 1. The predicted octanol–water partition coefficient (Wildman–Crippen LogP) is 1.70. The van der Waals surface area contributed by atoms with Gasteiger partial charge in [0.2, 0.25) is 0 Å². The van der Waals surface area contributed by atoms with E-state index in [4.69, 9.17) is 15.2 Å². The number of rotatable bonds is 6. The van der Waals surface area contributed by atoms with Crippen molar-refractivity contribution in [1.29, 1.82) is 0 Å². The maximum absolute atomic E-state index is 5.95. The Labute approximate surface area is 86.9 Å². The van der Waals surface area contributed by atoms with Gasteiger partial charge < -0.3 is 15.2 Å². The predicted molar refractivity (Wildman–Crippen MR) is 57.3 cm³/mol. The molecular formula is C11H23NO2. The summed E-state index contributed by atoms with van der Waals surface area (Å²) in [7, 11) is 0. The van der Waals surface area contributed by atoms with Gasteiger partial charge in [-0.05, 0) is 19.3 Å². The number of ether oxygens (including phenoxy) is 2. The molecule has 2 N–H and O–H groups in total. The van der Waals surface area contributed by atoms with Crippen molar-refractivity contribution >= 4 is 0 Å². The smallest absolute Gasteiger partial charge is 0.0727 e. The van der Waals surface area contributed by atoms with Crippen LogP contribution in [-0.4, -0.2) is 32.0 Å². The summed E-state index contributed by atoms with van der Waals surface area (Å²) in [6, 6.07) is 0.245. The van der Waals surface area contributed by atoms with Crippen molar-refractivity contribution in [3.05, 3.63) is 0 Å². The van der Waals surface area contributed by atoms with Crippen LogP contribution in [0.15, 0.2) is 0 Å². The van der Waals surface area contributed by atoms with E-state index in [1.165, 1.54) is 12.8 Å². The minimum atomic E-state index is 0.245. The molecule has 0 radical (unpaired) electrons.